The molecule has 1 heterocycles. The van der Waals surface area contributed by atoms with Crippen LogP contribution >= 0.6 is 11.3 Å². The predicted molar refractivity (Wildman–Crippen MR) is 88.4 cm³/mol. The van der Waals surface area contributed by atoms with Gasteiger partial charge in [-0.15, -0.1) is 0 Å². The van der Waals surface area contributed by atoms with Crippen LogP contribution in [0.15, 0.2) is 22.4 Å². The molecule has 118 valence electrons. The summed E-state index contributed by atoms with van der Waals surface area (Å²) in [6, 6.07) is 6.04. The molecular weight excluding hydrogens is 320 g/mol. The van der Waals surface area contributed by atoms with E-state index in [-0.39, 0.29) is 10.3 Å². The lowest BCUT2D eigenvalue weighted by molar-refractivity contribution is 0.599. The van der Waals surface area contributed by atoms with Gasteiger partial charge in [-0.25, -0.2) is 18.5 Å². The van der Waals surface area contributed by atoms with E-state index in [1.807, 2.05) is 18.2 Å². The molecule has 1 aliphatic carbocycles. The van der Waals surface area contributed by atoms with Gasteiger partial charge in [0.05, 0.1) is 11.7 Å². The lowest BCUT2D eigenvalue weighted by Gasteiger charge is -2.26. The third-order valence-electron chi connectivity index (χ3n) is 3.79. The minimum Gasteiger partial charge on any atom is -0.399 e. The summed E-state index contributed by atoms with van der Waals surface area (Å²) in [4.78, 5) is 4.29. The molecule has 1 unspecified atom stereocenters. The number of rotatable bonds is 3. The van der Waals surface area contributed by atoms with Crippen LogP contribution in [0.3, 0.4) is 0 Å². The Morgan fingerprint density at radius 2 is 2.18 bits per heavy atom. The molecule has 0 bridgehead atoms. The van der Waals surface area contributed by atoms with E-state index in [4.69, 9.17) is 10.9 Å². The summed E-state index contributed by atoms with van der Waals surface area (Å²) in [7, 11) is -3.72. The molecule has 22 heavy (non-hydrogen) atoms. The van der Waals surface area contributed by atoms with E-state index in [2.05, 4.69) is 10.3 Å². The van der Waals surface area contributed by atoms with Gasteiger partial charge in [-0.1, -0.05) is 17.4 Å². The fraction of sp³-hybridized carbons (Fsp3) is 0.357. The van der Waals surface area contributed by atoms with Gasteiger partial charge < -0.3 is 11.1 Å². The molecule has 0 saturated carbocycles. The molecule has 0 amide bonds. The highest BCUT2D eigenvalue weighted by molar-refractivity contribution is 7.91. The van der Waals surface area contributed by atoms with Gasteiger partial charge in [0.2, 0.25) is 10.0 Å². The van der Waals surface area contributed by atoms with E-state index < -0.39 is 10.0 Å². The normalized spacial score (nSPS) is 18.0. The summed E-state index contributed by atoms with van der Waals surface area (Å²) in [6.45, 7) is 1.65. The quantitative estimate of drug-likeness (QED) is 0.743. The first kappa shape index (κ1) is 15.3. The average Bonchev–Trinajstić information content (AvgIpc) is 2.79. The van der Waals surface area contributed by atoms with Crippen LogP contribution in [0.1, 0.15) is 35.7 Å². The zero-order chi connectivity index (χ0) is 15.9. The third-order valence-corrected chi connectivity index (χ3v) is 6.43. The van der Waals surface area contributed by atoms with Gasteiger partial charge in [0.15, 0.2) is 9.34 Å². The second-order valence-electron chi connectivity index (χ2n) is 5.48. The number of aromatic nitrogens is 1. The zero-order valence-electron chi connectivity index (χ0n) is 12.2. The van der Waals surface area contributed by atoms with Crippen molar-refractivity contribution in [2.24, 2.45) is 5.14 Å². The number of fused-ring (bicyclic) bond motifs is 1. The van der Waals surface area contributed by atoms with E-state index in [0.29, 0.717) is 10.8 Å². The Labute approximate surface area is 133 Å². The standard InChI is InChI=1S/C14H18N4O2S2/c1-8-13(22(16,19)20)21-14(17-8)18-12-4-2-3-9-7-10(15)5-6-11(9)12/h5-7,12H,2-4,15H2,1H3,(H,17,18)(H2,16,19,20). The van der Waals surface area contributed by atoms with E-state index in [9.17, 15) is 8.42 Å². The topological polar surface area (TPSA) is 111 Å². The van der Waals surface area contributed by atoms with Crippen LogP contribution in [0.4, 0.5) is 10.8 Å². The first-order chi connectivity index (χ1) is 10.3. The van der Waals surface area contributed by atoms with Crippen molar-refractivity contribution in [2.45, 2.75) is 36.4 Å². The molecule has 3 rings (SSSR count). The van der Waals surface area contributed by atoms with Crippen LogP contribution in [0.5, 0.6) is 0 Å². The molecule has 1 aromatic carbocycles. The summed E-state index contributed by atoms with van der Waals surface area (Å²) >= 11 is 1.08. The number of aryl methyl sites for hydroxylation is 2. The smallest absolute Gasteiger partial charge is 0.249 e. The summed E-state index contributed by atoms with van der Waals surface area (Å²) in [5.74, 6) is 0. The SMILES string of the molecule is Cc1nc(NC2CCCc3cc(N)ccc32)sc1S(N)(=O)=O. The molecular formula is C14H18N4O2S2. The van der Waals surface area contributed by atoms with Crippen molar-refractivity contribution in [3.8, 4) is 0 Å². The van der Waals surface area contributed by atoms with Gasteiger partial charge in [0.1, 0.15) is 0 Å². The average molecular weight is 338 g/mol. The van der Waals surface area contributed by atoms with Crippen LogP contribution in [-0.4, -0.2) is 13.4 Å². The van der Waals surface area contributed by atoms with E-state index in [0.717, 1.165) is 36.3 Å². The van der Waals surface area contributed by atoms with Gasteiger partial charge in [0, 0.05) is 5.69 Å². The number of anilines is 2. The molecule has 6 nitrogen and oxygen atoms in total. The van der Waals surface area contributed by atoms with Crippen molar-refractivity contribution in [3.63, 3.8) is 0 Å². The molecule has 1 aliphatic rings. The highest BCUT2D eigenvalue weighted by Crippen LogP contribution is 2.35. The molecule has 1 atom stereocenters. The largest absolute Gasteiger partial charge is 0.399 e. The van der Waals surface area contributed by atoms with Crippen molar-refractivity contribution < 1.29 is 8.42 Å². The van der Waals surface area contributed by atoms with Gasteiger partial charge in [-0.05, 0) is 49.4 Å². The lowest BCUT2D eigenvalue weighted by atomic mass is 9.87. The fourth-order valence-corrected chi connectivity index (χ4v) is 4.75. The highest BCUT2D eigenvalue weighted by atomic mass is 32.2. The molecule has 8 heteroatoms. The molecule has 0 radical (unpaired) electrons. The molecule has 1 aromatic heterocycles. The monoisotopic (exact) mass is 338 g/mol. The Balaban J connectivity index is 1.89. The van der Waals surface area contributed by atoms with Gasteiger partial charge in [-0.2, -0.15) is 0 Å². The number of nitrogens with one attached hydrogen (secondary N) is 1. The number of sulfonamides is 1. The minimum absolute atomic E-state index is 0.114. The van der Waals surface area contributed by atoms with Crippen molar-refractivity contribution in [2.75, 3.05) is 11.1 Å². The summed E-state index contributed by atoms with van der Waals surface area (Å²) in [5.41, 5.74) is 9.48. The Kier molecular flexibility index (Phi) is 3.84. The number of nitrogen functional groups attached to an aromatic ring is 1. The number of benzene rings is 1. The Morgan fingerprint density at radius 3 is 2.86 bits per heavy atom. The first-order valence-corrected chi connectivity index (χ1v) is 9.36. The predicted octanol–water partition coefficient (Wildman–Crippen LogP) is 2.17. The Hall–Kier alpha value is -1.64. The fourth-order valence-electron chi connectivity index (χ4n) is 2.84. The van der Waals surface area contributed by atoms with Crippen LogP contribution in [0.2, 0.25) is 0 Å². The summed E-state index contributed by atoms with van der Waals surface area (Å²) < 4.78 is 23.1. The van der Waals surface area contributed by atoms with Crippen LogP contribution in [0.25, 0.3) is 0 Å². The summed E-state index contributed by atoms with van der Waals surface area (Å²) in [5, 5.41) is 9.11. The number of primary sulfonamides is 1. The number of thiazole rings is 1. The second kappa shape index (κ2) is 5.53. The third kappa shape index (κ3) is 2.94. The van der Waals surface area contributed by atoms with Crippen molar-refractivity contribution in [3.05, 3.63) is 35.0 Å². The molecule has 2 aromatic rings. The Morgan fingerprint density at radius 1 is 1.41 bits per heavy atom. The van der Waals surface area contributed by atoms with E-state index >= 15 is 0 Å². The van der Waals surface area contributed by atoms with Crippen LogP contribution in [0, 0.1) is 6.92 Å². The van der Waals surface area contributed by atoms with E-state index in [1.165, 1.54) is 11.1 Å². The van der Waals surface area contributed by atoms with Crippen molar-refractivity contribution in [1.29, 1.82) is 0 Å². The Bertz CT molecular complexity index is 814. The van der Waals surface area contributed by atoms with Gasteiger partial charge in [0.25, 0.3) is 0 Å². The zero-order valence-corrected chi connectivity index (χ0v) is 13.8. The number of nitrogens with zero attached hydrogens (tertiary/aromatic N) is 1. The van der Waals surface area contributed by atoms with Crippen molar-refractivity contribution >= 4 is 32.2 Å². The number of hydrogen-bond acceptors (Lipinski definition) is 6. The van der Waals surface area contributed by atoms with Crippen molar-refractivity contribution in [1.82, 2.24) is 4.98 Å². The second-order valence-corrected chi connectivity index (χ2v) is 8.24. The highest BCUT2D eigenvalue weighted by Gasteiger charge is 2.23. The number of nitrogens with two attached hydrogens (primary N) is 2. The minimum atomic E-state index is -3.72. The molecule has 0 saturated heterocycles. The van der Waals surface area contributed by atoms with Gasteiger partial charge in [-0.3, -0.25) is 0 Å². The van der Waals surface area contributed by atoms with Crippen LogP contribution in [-0.2, 0) is 16.4 Å². The number of hydrogen-bond donors (Lipinski definition) is 3. The van der Waals surface area contributed by atoms with Crippen LogP contribution < -0.4 is 16.2 Å². The first-order valence-electron chi connectivity index (χ1n) is 6.99. The maximum absolute atomic E-state index is 11.5. The maximum Gasteiger partial charge on any atom is 0.249 e. The molecule has 0 aliphatic heterocycles. The molecule has 0 fully saturated rings. The molecule has 0 spiro atoms. The van der Waals surface area contributed by atoms with Gasteiger partial charge >= 0.3 is 0 Å². The lowest BCUT2D eigenvalue weighted by Crippen LogP contribution is -2.17. The summed E-state index contributed by atoms with van der Waals surface area (Å²) in [6.07, 6.45) is 3.04. The van der Waals surface area contributed by atoms with E-state index in [1.54, 1.807) is 6.92 Å². The molecule has 5 N–H and O–H groups in total. The maximum atomic E-state index is 11.5.